The molecule has 0 fully saturated rings. The number of carbonyl (C=O) groups excluding carboxylic acids is 2. The number of H-pyrrole nitrogens is 1. The minimum absolute atomic E-state index is 0.0270. The summed E-state index contributed by atoms with van der Waals surface area (Å²) < 4.78 is 4.74. The van der Waals surface area contributed by atoms with Gasteiger partial charge in [0, 0.05) is 18.9 Å². The zero-order chi connectivity index (χ0) is 12.0. The molecule has 0 saturated heterocycles. The third-order valence-corrected chi connectivity index (χ3v) is 2.00. The van der Waals surface area contributed by atoms with E-state index >= 15 is 0 Å². The normalized spacial score (nSPS) is 9.88. The van der Waals surface area contributed by atoms with E-state index in [0.717, 1.165) is 5.69 Å². The zero-order valence-corrected chi connectivity index (χ0v) is 9.40. The van der Waals surface area contributed by atoms with E-state index < -0.39 is 5.97 Å². The average Bonchev–Trinajstić information content (AvgIpc) is 2.70. The third kappa shape index (κ3) is 3.72. The molecular formula is C10H15N3O3. The van der Waals surface area contributed by atoms with Crippen molar-refractivity contribution in [1.29, 1.82) is 0 Å². The molecule has 0 aromatic carbocycles. The van der Waals surface area contributed by atoms with Crippen LogP contribution in [0.15, 0.2) is 12.3 Å². The summed E-state index contributed by atoms with van der Waals surface area (Å²) in [5.41, 5.74) is 0.723. The molecule has 16 heavy (non-hydrogen) atoms. The van der Waals surface area contributed by atoms with E-state index in [0.29, 0.717) is 6.61 Å². The summed E-state index contributed by atoms with van der Waals surface area (Å²) in [7, 11) is 1.57. The lowest BCUT2D eigenvalue weighted by Crippen LogP contribution is -2.34. The number of esters is 1. The summed E-state index contributed by atoms with van der Waals surface area (Å²) >= 11 is 0. The summed E-state index contributed by atoms with van der Waals surface area (Å²) in [6.45, 7) is 2.02. The van der Waals surface area contributed by atoms with Gasteiger partial charge in [-0.3, -0.25) is 14.7 Å². The molecule has 1 N–H and O–H groups in total. The van der Waals surface area contributed by atoms with Crippen molar-refractivity contribution in [3.63, 3.8) is 0 Å². The van der Waals surface area contributed by atoms with Crippen LogP contribution in [0.5, 0.6) is 0 Å². The third-order valence-electron chi connectivity index (χ3n) is 2.00. The van der Waals surface area contributed by atoms with Crippen LogP contribution in [0.3, 0.4) is 0 Å². The number of hydrogen-bond acceptors (Lipinski definition) is 4. The Morgan fingerprint density at radius 2 is 2.31 bits per heavy atom. The summed E-state index contributed by atoms with van der Waals surface area (Å²) in [6, 6.07) is 1.72. The standard InChI is InChI=1S/C10H15N3O3/c1-3-16-10(15)7-13(2)9(14)6-8-4-5-11-12-8/h4-5H,3,6-7H2,1-2H3,(H,11,12). The average molecular weight is 225 g/mol. The molecule has 0 saturated carbocycles. The van der Waals surface area contributed by atoms with Crippen LogP contribution in [0.25, 0.3) is 0 Å². The lowest BCUT2D eigenvalue weighted by atomic mass is 10.3. The Hall–Kier alpha value is -1.85. The van der Waals surface area contributed by atoms with Gasteiger partial charge >= 0.3 is 5.97 Å². The van der Waals surface area contributed by atoms with Crippen molar-refractivity contribution < 1.29 is 14.3 Å². The number of aromatic nitrogens is 2. The van der Waals surface area contributed by atoms with Crippen LogP contribution in [-0.2, 0) is 20.7 Å². The molecule has 1 aromatic heterocycles. The molecule has 0 aliphatic rings. The second kappa shape index (κ2) is 5.89. The predicted octanol–water partition coefficient (Wildman–Crippen LogP) is -0.0263. The Labute approximate surface area is 93.6 Å². The number of ether oxygens (including phenoxy) is 1. The number of aromatic amines is 1. The van der Waals surface area contributed by atoms with E-state index in [1.807, 2.05) is 0 Å². The molecule has 1 aromatic rings. The maximum atomic E-state index is 11.6. The van der Waals surface area contributed by atoms with Gasteiger partial charge in [-0.05, 0) is 13.0 Å². The summed E-state index contributed by atoms with van der Waals surface area (Å²) in [5.74, 6) is -0.555. The molecule has 1 heterocycles. The van der Waals surface area contributed by atoms with Gasteiger partial charge in [0.2, 0.25) is 5.91 Å². The van der Waals surface area contributed by atoms with Crippen molar-refractivity contribution in [2.24, 2.45) is 0 Å². The molecule has 88 valence electrons. The number of amides is 1. The molecular weight excluding hydrogens is 210 g/mol. The summed E-state index contributed by atoms with van der Waals surface area (Å²) in [5, 5.41) is 6.43. The van der Waals surface area contributed by atoms with Crippen molar-refractivity contribution >= 4 is 11.9 Å². The van der Waals surface area contributed by atoms with Gasteiger partial charge < -0.3 is 9.64 Å². The van der Waals surface area contributed by atoms with Gasteiger partial charge in [-0.25, -0.2) is 0 Å². The number of nitrogens with one attached hydrogen (secondary N) is 1. The minimum Gasteiger partial charge on any atom is -0.465 e. The van der Waals surface area contributed by atoms with Gasteiger partial charge in [0.1, 0.15) is 6.54 Å². The lowest BCUT2D eigenvalue weighted by molar-refractivity contribution is -0.147. The maximum Gasteiger partial charge on any atom is 0.325 e. The number of likely N-dealkylation sites (N-methyl/N-ethyl adjacent to an activating group) is 1. The van der Waals surface area contributed by atoms with Gasteiger partial charge in [-0.1, -0.05) is 0 Å². The number of carbonyl (C=O) groups is 2. The van der Waals surface area contributed by atoms with Crippen molar-refractivity contribution in [2.75, 3.05) is 20.2 Å². The fourth-order valence-corrected chi connectivity index (χ4v) is 1.17. The highest BCUT2D eigenvalue weighted by atomic mass is 16.5. The molecule has 1 amide bonds. The first-order chi connectivity index (χ1) is 7.63. The first-order valence-electron chi connectivity index (χ1n) is 5.01. The van der Waals surface area contributed by atoms with Crippen LogP contribution in [0.1, 0.15) is 12.6 Å². The molecule has 6 heteroatoms. The Balaban J connectivity index is 2.39. The van der Waals surface area contributed by atoms with Crippen molar-refractivity contribution in [3.05, 3.63) is 18.0 Å². The van der Waals surface area contributed by atoms with Gasteiger partial charge in [0.15, 0.2) is 0 Å². The quantitative estimate of drug-likeness (QED) is 0.714. The van der Waals surface area contributed by atoms with Gasteiger partial charge in [-0.15, -0.1) is 0 Å². The highest BCUT2D eigenvalue weighted by molar-refractivity contribution is 5.83. The second-order valence-corrected chi connectivity index (χ2v) is 3.31. The van der Waals surface area contributed by atoms with E-state index in [2.05, 4.69) is 10.2 Å². The van der Waals surface area contributed by atoms with Gasteiger partial charge in [0.25, 0.3) is 0 Å². The van der Waals surface area contributed by atoms with Crippen LogP contribution in [0.2, 0.25) is 0 Å². The largest absolute Gasteiger partial charge is 0.465 e. The molecule has 1 rings (SSSR count). The SMILES string of the molecule is CCOC(=O)CN(C)C(=O)Cc1ccn[nH]1. The smallest absolute Gasteiger partial charge is 0.325 e. The van der Waals surface area contributed by atoms with Crippen LogP contribution in [0, 0.1) is 0 Å². The molecule has 0 aliphatic heterocycles. The molecule has 0 unspecified atom stereocenters. The van der Waals surface area contributed by atoms with Gasteiger partial charge in [0.05, 0.1) is 13.0 Å². The maximum absolute atomic E-state index is 11.6. The summed E-state index contributed by atoms with van der Waals surface area (Å²) in [6.07, 6.45) is 1.78. The van der Waals surface area contributed by atoms with Crippen molar-refractivity contribution in [1.82, 2.24) is 15.1 Å². The van der Waals surface area contributed by atoms with E-state index in [4.69, 9.17) is 4.74 Å². The van der Waals surface area contributed by atoms with E-state index in [9.17, 15) is 9.59 Å². The Morgan fingerprint density at radius 3 is 2.88 bits per heavy atom. The van der Waals surface area contributed by atoms with E-state index in [-0.39, 0.29) is 18.9 Å². The Morgan fingerprint density at radius 1 is 1.56 bits per heavy atom. The van der Waals surface area contributed by atoms with Crippen LogP contribution < -0.4 is 0 Å². The second-order valence-electron chi connectivity index (χ2n) is 3.31. The Kier molecular flexibility index (Phi) is 4.50. The minimum atomic E-state index is -0.400. The molecule has 0 aliphatic carbocycles. The number of hydrogen-bond donors (Lipinski definition) is 1. The fourth-order valence-electron chi connectivity index (χ4n) is 1.17. The van der Waals surface area contributed by atoms with Crippen LogP contribution in [-0.4, -0.2) is 47.2 Å². The zero-order valence-electron chi connectivity index (χ0n) is 9.40. The predicted molar refractivity (Wildman–Crippen MR) is 56.6 cm³/mol. The highest BCUT2D eigenvalue weighted by Crippen LogP contribution is 1.97. The van der Waals surface area contributed by atoms with Gasteiger partial charge in [-0.2, -0.15) is 5.10 Å². The summed E-state index contributed by atoms with van der Waals surface area (Å²) in [4.78, 5) is 24.1. The molecule has 0 radical (unpaired) electrons. The molecule has 0 atom stereocenters. The van der Waals surface area contributed by atoms with E-state index in [1.54, 1.807) is 26.2 Å². The number of rotatable bonds is 5. The lowest BCUT2D eigenvalue weighted by Gasteiger charge is -2.15. The topological polar surface area (TPSA) is 75.3 Å². The molecule has 0 spiro atoms. The number of nitrogens with zero attached hydrogens (tertiary/aromatic N) is 2. The monoisotopic (exact) mass is 225 g/mol. The first-order valence-corrected chi connectivity index (χ1v) is 5.01. The van der Waals surface area contributed by atoms with Crippen molar-refractivity contribution in [3.8, 4) is 0 Å². The van der Waals surface area contributed by atoms with Crippen LogP contribution >= 0.6 is 0 Å². The van der Waals surface area contributed by atoms with E-state index in [1.165, 1.54) is 4.90 Å². The molecule has 0 bridgehead atoms. The van der Waals surface area contributed by atoms with Crippen LogP contribution in [0.4, 0.5) is 0 Å². The van der Waals surface area contributed by atoms with Crippen molar-refractivity contribution in [2.45, 2.75) is 13.3 Å². The first kappa shape index (κ1) is 12.2. The Bertz CT molecular complexity index is 348. The highest BCUT2D eigenvalue weighted by Gasteiger charge is 2.14. The molecule has 6 nitrogen and oxygen atoms in total. The fraction of sp³-hybridized carbons (Fsp3) is 0.500.